The van der Waals surface area contributed by atoms with Crippen LogP contribution in [0.25, 0.3) is 0 Å². The number of aromatic nitrogens is 2. The Labute approximate surface area is 124 Å². The van der Waals surface area contributed by atoms with E-state index in [0.717, 1.165) is 44.6 Å². The first-order chi connectivity index (χ1) is 9.67. The van der Waals surface area contributed by atoms with Gasteiger partial charge >= 0.3 is 0 Å². The fourth-order valence-corrected chi connectivity index (χ4v) is 2.92. The summed E-state index contributed by atoms with van der Waals surface area (Å²) in [5.74, 6) is 0.610. The molecule has 0 saturated carbocycles. The first-order valence-corrected chi connectivity index (χ1v) is 7.70. The SMILES string of the molecule is CCCCn1ncc(N2CCC(CNC)C2)c(Cl)c1=O. The number of aryl methyl sites for hydroxylation is 1. The van der Waals surface area contributed by atoms with E-state index in [4.69, 9.17) is 11.6 Å². The van der Waals surface area contributed by atoms with E-state index in [1.165, 1.54) is 4.68 Å². The number of nitrogens with one attached hydrogen (secondary N) is 1. The molecule has 0 bridgehead atoms. The zero-order valence-electron chi connectivity index (χ0n) is 12.2. The van der Waals surface area contributed by atoms with Crippen LogP contribution in [0.15, 0.2) is 11.0 Å². The average molecular weight is 299 g/mol. The second kappa shape index (κ2) is 7.09. The molecule has 0 aliphatic carbocycles. The molecule has 2 heterocycles. The Kier molecular flexibility index (Phi) is 5.43. The van der Waals surface area contributed by atoms with Gasteiger partial charge in [0.15, 0.2) is 0 Å². The third-order valence-electron chi connectivity index (χ3n) is 3.81. The van der Waals surface area contributed by atoms with Crippen LogP contribution in [0, 0.1) is 5.92 Å². The van der Waals surface area contributed by atoms with Gasteiger partial charge in [0.1, 0.15) is 5.02 Å². The lowest BCUT2D eigenvalue weighted by Gasteiger charge is -2.20. The Morgan fingerprint density at radius 2 is 2.35 bits per heavy atom. The maximum atomic E-state index is 12.2. The molecule has 0 spiro atoms. The molecule has 1 aromatic heterocycles. The molecule has 1 saturated heterocycles. The second-order valence-electron chi connectivity index (χ2n) is 5.38. The maximum absolute atomic E-state index is 12.2. The van der Waals surface area contributed by atoms with Gasteiger partial charge in [0.05, 0.1) is 11.9 Å². The van der Waals surface area contributed by atoms with Crippen LogP contribution in [0.4, 0.5) is 5.69 Å². The first-order valence-electron chi connectivity index (χ1n) is 7.32. The zero-order valence-corrected chi connectivity index (χ0v) is 13.0. The molecule has 1 aromatic rings. The lowest BCUT2D eigenvalue weighted by Crippen LogP contribution is -2.29. The Hall–Kier alpha value is -1.07. The van der Waals surface area contributed by atoms with E-state index in [1.807, 2.05) is 7.05 Å². The number of halogens is 1. The highest BCUT2D eigenvalue weighted by Crippen LogP contribution is 2.27. The van der Waals surface area contributed by atoms with Crippen LogP contribution >= 0.6 is 11.6 Å². The molecule has 0 amide bonds. The van der Waals surface area contributed by atoms with Crippen molar-refractivity contribution in [2.75, 3.05) is 31.6 Å². The van der Waals surface area contributed by atoms with Gasteiger partial charge in [0.25, 0.3) is 5.56 Å². The second-order valence-corrected chi connectivity index (χ2v) is 5.76. The fourth-order valence-electron chi connectivity index (χ4n) is 2.65. The highest BCUT2D eigenvalue weighted by atomic mass is 35.5. The van der Waals surface area contributed by atoms with Crippen molar-refractivity contribution < 1.29 is 0 Å². The quantitative estimate of drug-likeness (QED) is 0.869. The van der Waals surface area contributed by atoms with Gasteiger partial charge in [-0.2, -0.15) is 5.10 Å². The van der Waals surface area contributed by atoms with Crippen LogP contribution < -0.4 is 15.8 Å². The van der Waals surface area contributed by atoms with Crippen LogP contribution in [-0.2, 0) is 6.54 Å². The lowest BCUT2D eigenvalue weighted by molar-refractivity contribution is 0.540. The van der Waals surface area contributed by atoms with Crippen molar-refractivity contribution in [3.05, 3.63) is 21.6 Å². The van der Waals surface area contributed by atoms with Gasteiger partial charge in [-0.1, -0.05) is 24.9 Å². The maximum Gasteiger partial charge on any atom is 0.287 e. The number of unbranched alkanes of at least 4 members (excludes halogenated alkanes) is 1. The smallest absolute Gasteiger partial charge is 0.287 e. The van der Waals surface area contributed by atoms with E-state index in [0.29, 0.717) is 17.5 Å². The standard InChI is InChI=1S/C14H23ClN4O/c1-3-4-6-19-14(20)13(15)12(9-17-19)18-7-5-11(10-18)8-16-2/h9,11,16H,3-8,10H2,1-2H3. The number of anilines is 1. The fraction of sp³-hybridized carbons (Fsp3) is 0.714. The van der Waals surface area contributed by atoms with E-state index < -0.39 is 0 Å². The van der Waals surface area contributed by atoms with Gasteiger partial charge in [-0.05, 0) is 32.4 Å². The molecule has 0 aromatic carbocycles. The zero-order chi connectivity index (χ0) is 14.5. The number of rotatable bonds is 6. The Balaban J connectivity index is 2.14. The van der Waals surface area contributed by atoms with Crippen molar-refractivity contribution >= 4 is 17.3 Å². The van der Waals surface area contributed by atoms with Gasteiger partial charge < -0.3 is 10.2 Å². The summed E-state index contributed by atoms with van der Waals surface area (Å²) in [6.45, 7) is 5.59. The van der Waals surface area contributed by atoms with Crippen LogP contribution in [0.3, 0.4) is 0 Å². The molecule has 1 aliphatic rings. The normalized spacial score (nSPS) is 18.8. The summed E-state index contributed by atoms with van der Waals surface area (Å²) in [5.41, 5.74) is 0.609. The molecule has 1 fully saturated rings. The van der Waals surface area contributed by atoms with E-state index in [9.17, 15) is 4.79 Å². The molecule has 0 radical (unpaired) electrons. The van der Waals surface area contributed by atoms with Gasteiger partial charge in [-0.3, -0.25) is 4.79 Å². The molecular formula is C14H23ClN4O. The van der Waals surface area contributed by atoms with Crippen LogP contribution in [-0.4, -0.2) is 36.5 Å². The molecule has 20 heavy (non-hydrogen) atoms. The van der Waals surface area contributed by atoms with E-state index in [2.05, 4.69) is 22.2 Å². The number of hydrogen-bond donors (Lipinski definition) is 1. The highest BCUT2D eigenvalue weighted by molar-refractivity contribution is 6.33. The molecule has 1 atom stereocenters. The third kappa shape index (κ3) is 3.33. The van der Waals surface area contributed by atoms with Crippen molar-refractivity contribution in [1.82, 2.24) is 15.1 Å². The molecule has 5 nitrogen and oxygen atoms in total. The monoisotopic (exact) mass is 298 g/mol. The molecule has 2 rings (SSSR count). The number of hydrogen-bond acceptors (Lipinski definition) is 4. The van der Waals surface area contributed by atoms with Crippen molar-refractivity contribution in [2.24, 2.45) is 5.92 Å². The summed E-state index contributed by atoms with van der Waals surface area (Å²) in [5, 5.41) is 7.76. The van der Waals surface area contributed by atoms with E-state index in [1.54, 1.807) is 6.20 Å². The topological polar surface area (TPSA) is 50.2 Å². The highest BCUT2D eigenvalue weighted by Gasteiger charge is 2.25. The minimum atomic E-state index is -0.172. The summed E-state index contributed by atoms with van der Waals surface area (Å²) >= 11 is 6.25. The molecule has 112 valence electrons. The van der Waals surface area contributed by atoms with Crippen molar-refractivity contribution in [3.8, 4) is 0 Å². The molecule has 1 aliphatic heterocycles. The average Bonchev–Trinajstić information content (AvgIpc) is 2.89. The van der Waals surface area contributed by atoms with Crippen LogP contribution in [0.1, 0.15) is 26.2 Å². The minimum absolute atomic E-state index is 0.172. The Morgan fingerprint density at radius 1 is 1.55 bits per heavy atom. The largest absolute Gasteiger partial charge is 0.369 e. The van der Waals surface area contributed by atoms with Crippen molar-refractivity contribution in [2.45, 2.75) is 32.7 Å². The summed E-state index contributed by atoms with van der Waals surface area (Å²) in [6, 6.07) is 0. The molecule has 6 heteroatoms. The van der Waals surface area contributed by atoms with Crippen LogP contribution in [0.2, 0.25) is 5.02 Å². The number of nitrogens with zero attached hydrogens (tertiary/aromatic N) is 3. The lowest BCUT2D eigenvalue weighted by atomic mass is 10.1. The Bertz CT molecular complexity index is 502. The van der Waals surface area contributed by atoms with Gasteiger partial charge in [-0.25, -0.2) is 4.68 Å². The first kappa shape index (κ1) is 15.3. The van der Waals surface area contributed by atoms with Crippen molar-refractivity contribution in [3.63, 3.8) is 0 Å². The predicted octanol–water partition coefficient (Wildman–Crippen LogP) is 1.74. The van der Waals surface area contributed by atoms with Gasteiger partial charge in [0, 0.05) is 19.6 Å². The van der Waals surface area contributed by atoms with E-state index >= 15 is 0 Å². The molecule has 1 unspecified atom stereocenters. The minimum Gasteiger partial charge on any atom is -0.369 e. The van der Waals surface area contributed by atoms with Gasteiger partial charge in [0.2, 0.25) is 0 Å². The van der Waals surface area contributed by atoms with Crippen molar-refractivity contribution in [1.29, 1.82) is 0 Å². The Morgan fingerprint density at radius 3 is 3.05 bits per heavy atom. The van der Waals surface area contributed by atoms with E-state index in [-0.39, 0.29) is 5.56 Å². The summed E-state index contributed by atoms with van der Waals surface area (Å²) in [6.07, 6.45) is 4.83. The summed E-state index contributed by atoms with van der Waals surface area (Å²) < 4.78 is 1.47. The molecular weight excluding hydrogens is 276 g/mol. The summed E-state index contributed by atoms with van der Waals surface area (Å²) in [4.78, 5) is 14.4. The van der Waals surface area contributed by atoms with Crippen LogP contribution in [0.5, 0.6) is 0 Å². The predicted molar refractivity (Wildman–Crippen MR) is 82.7 cm³/mol. The third-order valence-corrected chi connectivity index (χ3v) is 4.16. The molecule has 1 N–H and O–H groups in total. The summed E-state index contributed by atoms with van der Waals surface area (Å²) in [7, 11) is 1.96. The van der Waals surface area contributed by atoms with Gasteiger partial charge in [-0.15, -0.1) is 0 Å².